The standard InChI is InChI=1S/C29H30N6O2/c1-17(2)27(36)34-21-11-9-19(10-12-21)24-22(23-25(30)32-16-33-26(23)35(24)4)18-5-7-20(8-6-18)28(37)31-15-29(3)13-14-29/h5-12,16H,1,13-15H2,2-4H3,(H,31,37)(H,34,36)(H2,30,32,33). The van der Waals surface area contributed by atoms with Crippen LogP contribution >= 0.6 is 0 Å². The quantitative estimate of drug-likeness (QED) is 0.315. The number of aromatic nitrogens is 3. The molecule has 2 aromatic heterocycles. The first kappa shape index (κ1) is 24.2. The smallest absolute Gasteiger partial charge is 0.251 e. The number of benzene rings is 2. The Bertz CT molecular complexity index is 1530. The molecule has 0 bridgehead atoms. The number of nitrogens with two attached hydrogens (primary N) is 1. The van der Waals surface area contributed by atoms with Gasteiger partial charge in [0.05, 0.1) is 11.1 Å². The fourth-order valence-corrected chi connectivity index (χ4v) is 4.42. The Hall–Kier alpha value is -4.46. The number of nitrogen functional groups attached to an aromatic ring is 1. The fourth-order valence-electron chi connectivity index (χ4n) is 4.42. The van der Waals surface area contributed by atoms with Gasteiger partial charge < -0.3 is 20.9 Å². The molecule has 8 heteroatoms. The monoisotopic (exact) mass is 494 g/mol. The van der Waals surface area contributed by atoms with Crippen LogP contribution in [0.15, 0.2) is 67.0 Å². The van der Waals surface area contributed by atoms with E-state index in [4.69, 9.17) is 5.73 Å². The van der Waals surface area contributed by atoms with Crippen LogP contribution in [0.2, 0.25) is 0 Å². The molecular weight excluding hydrogens is 464 g/mol. The van der Waals surface area contributed by atoms with Gasteiger partial charge in [0.15, 0.2) is 0 Å². The molecule has 0 saturated heterocycles. The summed E-state index contributed by atoms with van der Waals surface area (Å²) in [6.07, 6.45) is 3.76. The van der Waals surface area contributed by atoms with Crippen LogP contribution in [0.5, 0.6) is 0 Å². The van der Waals surface area contributed by atoms with Crippen molar-refractivity contribution in [3.05, 3.63) is 72.6 Å². The van der Waals surface area contributed by atoms with Crippen LogP contribution in [0.25, 0.3) is 33.4 Å². The van der Waals surface area contributed by atoms with E-state index in [1.54, 1.807) is 6.92 Å². The predicted octanol–water partition coefficient (Wildman–Crippen LogP) is 4.93. The number of rotatable bonds is 7. The van der Waals surface area contributed by atoms with Gasteiger partial charge in [-0.05, 0) is 60.6 Å². The molecule has 8 nitrogen and oxygen atoms in total. The van der Waals surface area contributed by atoms with Crippen molar-refractivity contribution in [1.29, 1.82) is 0 Å². The van der Waals surface area contributed by atoms with Gasteiger partial charge in [-0.3, -0.25) is 9.59 Å². The molecule has 0 spiro atoms. The Kier molecular flexibility index (Phi) is 6.03. The molecule has 188 valence electrons. The number of anilines is 2. The van der Waals surface area contributed by atoms with Crippen molar-refractivity contribution >= 4 is 34.4 Å². The summed E-state index contributed by atoms with van der Waals surface area (Å²) in [6.45, 7) is 8.23. The maximum atomic E-state index is 12.7. The van der Waals surface area contributed by atoms with Gasteiger partial charge in [0.25, 0.3) is 11.8 Å². The van der Waals surface area contributed by atoms with Crippen molar-refractivity contribution in [2.24, 2.45) is 12.5 Å². The van der Waals surface area contributed by atoms with E-state index in [1.807, 2.05) is 60.1 Å². The third kappa shape index (κ3) is 4.70. The van der Waals surface area contributed by atoms with E-state index < -0.39 is 0 Å². The number of nitrogens with one attached hydrogen (secondary N) is 2. The van der Waals surface area contributed by atoms with Gasteiger partial charge in [0.1, 0.15) is 17.8 Å². The molecule has 2 amide bonds. The SMILES string of the molecule is C=C(C)C(=O)Nc1ccc(-c2c(-c3ccc(C(=O)NCC4(C)CC4)cc3)c3c(N)ncnc3n2C)cc1. The number of aryl methyl sites for hydroxylation is 1. The molecule has 4 N–H and O–H groups in total. The number of fused-ring (bicyclic) bond motifs is 1. The van der Waals surface area contributed by atoms with E-state index in [1.165, 1.54) is 6.33 Å². The van der Waals surface area contributed by atoms with Gasteiger partial charge in [-0.2, -0.15) is 0 Å². The second-order valence-corrected chi connectivity index (χ2v) is 10.1. The molecule has 1 saturated carbocycles. The molecule has 5 rings (SSSR count). The van der Waals surface area contributed by atoms with Crippen LogP contribution in [-0.2, 0) is 11.8 Å². The zero-order valence-corrected chi connectivity index (χ0v) is 21.3. The Labute approximate surface area is 215 Å². The van der Waals surface area contributed by atoms with E-state index in [-0.39, 0.29) is 17.2 Å². The molecule has 0 radical (unpaired) electrons. The van der Waals surface area contributed by atoms with E-state index in [9.17, 15) is 9.59 Å². The highest BCUT2D eigenvalue weighted by atomic mass is 16.2. The highest BCUT2D eigenvalue weighted by molar-refractivity contribution is 6.08. The first-order valence-corrected chi connectivity index (χ1v) is 12.2. The van der Waals surface area contributed by atoms with Crippen LogP contribution in [-0.4, -0.2) is 32.9 Å². The minimum absolute atomic E-state index is 0.0759. The lowest BCUT2D eigenvalue weighted by molar-refractivity contribution is -0.112. The van der Waals surface area contributed by atoms with Gasteiger partial charge in [0.2, 0.25) is 0 Å². The predicted molar refractivity (Wildman–Crippen MR) is 147 cm³/mol. The Morgan fingerprint density at radius 1 is 1.05 bits per heavy atom. The number of carbonyl (C=O) groups is 2. The molecule has 1 aliphatic carbocycles. The van der Waals surface area contributed by atoms with Crippen LogP contribution < -0.4 is 16.4 Å². The third-order valence-corrected chi connectivity index (χ3v) is 7.02. The Morgan fingerprint density at radius 3 is 2.32 bits per heavy atom. The van der Waals surface area contributed by atoms with Crippen LogP contribution in [0.3, 0.4) is 0 Å². The average Bonchev–Trinajstić information content (AvgIpc) is 3.55. The lowest BCUT2D eigenvalue weighted by Crippen LogP contribution is -2.28. The van der Waals surface area contributed by atoms with Crippen molar-refractivity contribution in [3.63, 3.8) is 0 Å². The zero-order valence-electron chi connectivity index (χ0n) is 21.3. The minimum Gasteiger partial charge on any atom is -0.383 e. The van der Waals surface area contributed by atoms with Crippen molar-refractivity contribution in [1.82, 2.24) is 19.9 Å². The minimum atomic E-state index is -0.226. The number of amides is 2. The Morgan fingerprint density at radius 2 is 1.70 bits per heavy atom. The normalized spacial score (nSPS) is 13.8. The largest absolute Gasteiger partial charge is 0.383 e. The fraction of sp³-hybridized carbons (Fsp3) is 0.241. The van der Waals surface area contributed by atoms with Crippen molar-refractivity contribution in [3.8, 4) is 22.4 Å². The maximum absolute atomic E-state index is 12.7. The molecule has 1 aliphatic rings. The first-order valence-electron chi connectivity index (χ1n) is 12.2. The first-order chi connectivity index (χ1) is 17.7. The second kappa shape index (κ2) is 9.20. The van der Waals surface area contributed by atoms with Gasteiger partial charge >= 0.3 is 0 Å². The molecule has 0 aliphatic heterocycles. The number of hydrogen-bond acceptors (Lipinski definition) is 5. The maximum Gasteiger partial charge on any atom is 0.251 e. The van der Waals surface area contributed by atoms with E-state index in [0.29, 0.717) is 34.8 Å². The molecule has 4 aromatic rings. The molecule has 2 heterocycles. The zero-order chi connectivity index (χ0) is 26.3. The molecule has 0 unspecified atom stereocenters. The lowest BCUT2D eigenvalue weighted by atomic mass is 9.97. The number of hydrogen-bond donors (Lipinski definition) is 3. The van der Waals surface area contributed by atoms with Crippen LogP contribution in [0.4, 0.5) is 11.5 Å². The van der Waals surface area contributed by atoms with E-state index >= 15 is 0 Å². The van der Waals surface area contributed by atoms with Gasteiger partial charge in [-0.15, -0.1) is 0 Å². The molecule has 2 aromatic carbocycles. The summed E-state index contributed by atoms with van der Waals surface area (Å²) < 4.78 is 1.99. The van der Waals surface area contributed by atoms with Crippen molar-refractivity contribution in [2.75, 3.05) is 17.6 Å². The van der Waals surface area contributed by atoms with Crippen molar-refractivity contribution < 1.29 is 9.59 Å². The summed E-state index contributed by atoms with van der Waals surface area (Å²) in [7, 11) is 1.94. The summed E-state index contributed by atoms with van der Waals surface area (Å²) in [5, 5.41) is 6.63. The van der Waals surface area contributed by atoms with Crippen LogP contribution in [0.1, 0.15) is 37.0 Å². The van der Waals surface area contributed by atoms with Gasteiger partial charge in [-0.25, -0.2) is 9.97 Å². The van der Waals surface area contributed by atoms with Gasteiger partial charge in [-0.1, -0.05) is 37.8 Å². The summed E-state index contributed by atoms with van der Waals surface area (Å²) in [5.74, 6) is 0.0798. The summed E-state index contributed by atoms with van der Waals surface area (Å²) in [5.41, 5.74) is 12.6. The van der Waals surface area contributed by atoms with Crippen LogP contribution in [0, 0.1) is 5.41 Å². The molecule has 0 atom stereocenters. The van der Waals surface area contributed by atoms with Crippen molar-refractivity contribution in [2.45, 2.75) is 26.7 Å². The second-order valence-electron chi connectivity index (χ2n) is 10.1. The topological polar surface area (TPSA) is 115 Å². The summed E-state index contributed by atoms with van der Waals surface area (Å²) >= 11 is 0. The van der Waals surface area contributed by atoms with Gasteiger partial charge in [0, 0.05) is 36.0 Å². The molecular formula is C29H30N6O2. The highest BCUT2D eigenvalue weighted by Gasteiger charge is 2.37. The van der Waals surface area contributed by atoms with E-state index in [0.717, 1.165) is 40.6 Å². The summed E-state index contributed by atoms with van der Waals surface area (Å²) in [6, 6.07) is 15.1. The number of nitrogens with zero attached hydrogens (tertiary/aromatic N) is 3. The third-order valence-electron chi connectivity index (χ3n) is 7.02. The van der Waals surface area contributed by atoms with E-state index in [2.05, 4.69) is 34.1 Å². The average molecular weight is 495 g/mol. The lowest BCUT2D eigenvalue weighted by Gasteiger charge is -2.12. The Balaban J connectivity index is 1.54. The molecule has 1 fully saturated rings. The summed E-state index contributed by atoms with van der Waals surface area (Å²) in [4.78, 5) is 33.4. The number of carbonyl (C=O) groups excluding carboxylic acids is 2. The molecule has 37 heavy (non-hydrogen) atoms. The highest BCUT2D eigenvalue weighted by Crippen LogP contribution is 2.44.